The molecule has 1 aliphatic heterocycles. The summed E-state index contributed by atoms with van der Waals surface area (Å²) in [7, 11) is 1.44. The number of carbonyl (C=O) groups is 2. The van der Waals surface area contributed by atoms with E-state index in [1.54, 1.807) is 0 Å². The molecule has 1 fully saturated rings. The van der Waals surface area contributed by atoms with Gasteiger partial charge in [0, 0.05) is 13.0 Å². The molecule has 1 aromatic rings. The molecule has 0 radical (unpaired) electrons. The van der Waals surface area contributed by atoms with Gasteiger partial charge in [-0.2, -0.15) is 0 Å². The van der Waals surface area contributed by atoms with E-state index in [9.17, 15) is 9.59 Å². The summed E-state index contributed by atoms with van der Waals surface area (Å²) >= 11 is 0. The van der Waals surface area contributed by atoms with Crippen LogP contribution in [0.4, 0.5) is 0 Å². The van der Waals surface area contributed by atoms with E-state index in [1.165, 1.54) is 18.2 Å². The number of nitrogens with one attached hydrogen (secondary N) is 1. The van der Waals surface area contributed by atoms with E-state index in [2.05, 4.69) is 29.3 Å². The number of nitrogens with zero attached hydrogens (tertiary/aromatic N) is 1. The third kappa shape index (κ3) is 6.86. The zero-order valence-corrected chi connectivity index (χ0v) is 15.4. The first-order valence-corrected chi connectivity index (χ1v) is 9.19. The molecule has 0 spiro atoms. The van der Waals surface area contributed by atoms with E-state index in [0.29, 0.717) is 25.4 Å². The summed E-state index contributed by atoms with van der Waals surface area (Å²) in [6.45, 7) is 5.00. The minimum absolute atomic E-state index is 0.0833. The van der Waals surface area contributed by atoms with Gasteiger partial charge < -0.3 is 10.1 Å². The Balaban J connectivity index is 1.68. The lowest BCUT2D eigenvalue weighted by Gasteiger charge is -2.19. The number of hydrogen-bond acceptors (Lipinski definition) is 4. The second-order valence-electron chi connectivity index (χ2n) is 6.88. The number of esters is 1. The van der Waals surface area contributed by atoms with Crippen LogP contribution < -0.4 is 5.32 Å². The minimum atomic E-state index is -0.132. The summed E-state index contributed by atoms with van der Waals surface area (Å²) < 4.78 is 4.76. The molecule has 25 heavy (non-hydrogen) atoms. The van der Waals surface area contributed by atoms with Gasteiger partial charge in [0.05, 0.1) is 13.7 Å². The van der Waals surface area contributed by atoms with Gasteiger partial charge in [0.2, 0.25) is 5.91 Å². The fraction of sp³-hybridized carbons (Fsp3) is 0.600. The van der Waals surface area contributed by atoms with Crippen LogP contribution >= 0.6 is 0 Å². The Morgan fingerprint density at radius 2 is 2.04 bits per heavy atom. The standard InChI is InChI=1S/C20H30N2O3/c1-16-6-3-4-8-18(16)9-11-21-19(23)15-22-12-5-7-17(10-13-22)14-20(24)25-2/h3-4,6,8,17H,5,7,9-15H2,1-2H3,(H,21,23)/t17-/m0/s1. The number of likely N-dealkylation sites (tertiary alicyclic amines) is 1. The Morgan fingerprint density at radius 1 is 1.24 bits per heavy atom. The Morgan fingerprint density at radius 3 is 2.80 bits per heavy atom. The van der Waals surface area contributed by atoms with Crippen molar-refractivity contribution in [1.29, 1.82) is 0 Å². The summed E-state index contributed by atoms with van der Waals surface area (Å²) in [6.07, 6.45) is 4.36. The molecule has 1 aliphatic rings. The van der Waals surface area contributed by atoms with E-state index in [4.69, 9.17) is 4.74 Å². The number of rotatable bonds is 7. The number of carbonyl (C=O) groups excluding carboxylic acids is 2. The maximum atomic E-state index is 12.2. The number of amides is 1. The predicted molar refractivity (Wildman–Crippen MR) is 98.3 cm³/mol. The van der Waals surface area contributed by atoms with E-state index in [1.807, 2.05) is 12.1 Å². The van der Waals surface area contributed by atoms with Gasteiger partial charge in [0.25, 0.3) is 0 Å². The van der Waals surface area contributed by atoms with Crippen molar-refractivity contribution in [3.8, 4) is 0 Å². The molecule has 1 N–H and O–H groups in total. The maximum Gasteiger partial charge on any atom is 0.305 e. The van der Waals surface area contributed by atoms with E-state index in [0.717, 1.165) is 38.8 Å². The van der Waals surface area contributed by atoms with Crippen molar-refractivity contribution in [3.63, 3.8) is 0 Å². The third-order valence-corrected chi connectivity index (χ3v) is 4.97. The third-order valence-electron chi connectivity index (χ3n) is 4.97. The van der Waals surface area contributed by atoms with Crippen molar-refractivity contribution in [2.75, 3.05) is 33.3 Å². The van der Waals surface area contributed by atoms with E-state index >= 15 is 0 Å². The Bertz CT molecular complexity index is 574. The van der Waals surface area contributed by atoms with Crippen molar-refractivity contribution in [1.82, 2.24) is 10.2 Å². The molecular weight excluding hydrogens is 316 g/mol. The van der Waals surface area contributed by atoms with Gasteiger partial charge in [-0.3, -0.25) is 14.5 Å². The van der Waals surface area contributed by atoms with E-state index < -0.39 is 0 Å². The molecule has 0 aliphatic carbocycles. The second kappa shape index (κ2) is 10.2. The molecule has 2 rings (SSSR count). The monoisotopic (exact) mass is 346 g/mol. The van der Waals surface area contributed by atoms with Crippen LogP contribution in [0, 0.1) is 12.8 Å². The molecule has 1 aromatic carbocycles. The van der Waals surface area contributed by atoms with Crippen LogP contribution in [0.3, 0.4) is 0 Å². The molecule has 1 atom stereocenters. The quantitative estimate of drug-likeness (QED) is 0.770. The van der Waals surface area contributed by atoms with Crippen molar-refractivity contribution in [2.24, 2.45) is 5.92 Å². The number of benzene rings is 1. The first kappa shape index (κ1) is 19.4. The number of ether oxygens (including phenoxy) is 1. The molecule has 0 aromatic heterocycles. The lowest BCUT2D eigenvalue weighted by atomic mass is 9.97. The first-order chi connectivity index (χ1) is 12.1. The molecular formula is C20H30N2O3. The number of hydrogen-bond donors (Lipinski definition) is 1. The molecule has 0 saturated carbocycles. The molecule has 0 bridgehead atoms. The molecule has 5 nitrogen and oxygen atoms in total. The van der Waals surface area contributed by atoms with Gasteiger partial charge in [-0.15, -0.1) is 0 Å². The van der Waals surface area contributed by atoms with Crippen LogP contribution in [-0.4, -0.2) is 50.1 Å². The second-order valence-corrected chi connectivity index (χ2v) is 6.88. The van der Waals surface area contributed by atoms with Crippen LogP contribution in [-0.2, 0) is 20.7 Å². The van der Waals surface area contributed by atoms with E-state index in [-0.39, 0.29) is 11.9 Å². The van der Waals surface area contributed by atoms with Crippen molar-refractivity contribution < 1.29 is 14.3 Å². The first-order valence-electron chi connectivity index (χ1n) is 9.19. The van der Waals surface area contributed by atoms with Crippen LogP contribution in [0.2, 0.25) is 0 Å². The topological polar surface area (TPSA) is 58.6 Å². The summed E-state index contributed by atoms with van der Waals surface area (Å²) in [5.74, 6) is 0.328. The van der Waals surface area contributed by atoms with Crippen LogP contribution in [0.25, 0.3) is 0 Å². The average Bonchev–Trinajstić information content (AvgIpc) is 2.81. The summed E-state index contributed by atoms with van der Waals surface area (Å²) in [5, 5.41) is 3.02. The number of methoxy groups -OCH3 is 1. The molecule has 1 saturated heterocycles. The molecule has 5 heteroatoms. The van der Waals surface area contributed by atoms with Gasteiger partial charge in [0.15, 0.2) is 0 Å². The summed E-state index contributed by atoms with van der Waals surface area (Å²) in [5.41, 5.74) is 2.55. The highest BCUT2D eigenvalue weighted by atomic mass is 16.5. The van der Waals surface area contributed by atoms with Crippen molar-refractivity contribution >= 4 is 11.9 Å². The highest BCUT2D eigenvalue weighted by Crippen LogP contribution is 2.21. The number of aryl methyl sites for hydroxylation is 1. The maximum absolute atomic E-state index is 12.2. The Hall–Kier alpha value is -1.88. The van der Waals surface area contributed by atoms with Crippen LogP contribution in [0.1, 0.15) is 36.8 Å². The Kier molecular flexibility index (Phi) is 7.92. The average molecular weight is 346 g/mol. The van der Waals surface area contributed by atoms with Gasteiger partial charge in [-0.1, -0.05) is 24.3 Å². The van der Waals surface area contributed by atoms with Crippen molar-refractivity contribution in [3.05, 3.63) is 35.4 Å². The van der Waals surface area contributed by atoms with Gasteiger partial charge in [0.1, 0.15) is 0 Å². The summed E-state index contributed by atoms with van der Waals surface area (Å²) in [6, 6.07) is 8.27. The molecule has 138 valence electrons. The van der Waals surface area contributed by atoms with Gasteiger partial charge in [-0.25, -0.2) is 0 Å². The highest BCUT2D eigenvalue weighted by molar-refractivity contribution is 5.78. The van der Waals surface area contributed by atoms with Crippen molar-refractivity contribution in [2.45, 2.75) is 39.0 Å². The molecule has 1 heterocycles. The van der Waals surface area contributed by atoms with Crippen LogP contribution in [0.5, 0.6) is 0 Å². The predicted octanol–water partition coefficient (Wildman–Crippen LogP) is 2.32. The largest absolute Gasteiger partial charge is 0.469 e. The zero-order valence-electron chi connectivity index (χ0n) is 15.4. The normalized spacial score (nSPS) is 18.4. The van der Waals surface area contributed by atoms with Gasteiger partial charge in [-0.05, 0) is 62.7 Å². The summed E-state index contributed by atoms with van der Waals surface area (Å²) in [4.78, 5) is 25.8. The fourth-order valence-corrected chi connectivity index (χ4v) is 3.39. The minimum Gasteiger partial charge on any atom is -0.469 e. The molecule has 0 unspecified atom stereocenters. The molecule has 1 amide bonds. The zero-order chi connectivity index (χ0) is 18.1. The Labute approximate surface area is 150 Å². The fourth-order valence-electron chi connectivity index (χ4n) is 3.39. The smallest absolute Gasteiger partial charge is 0.305 e. The lowest BCUT2D eigenvalue weighted by molar-refractivity contribution is -0.141. The lowest BCUT2D eigenvalue weighted by Crippen LogP contribution is -2.38. The SMILES string of the molecule is COC(=O)C[C@H]1CCCN(CC(=O)NCCc2ccccc2C)CC1. The van der Waals surface area contributed by atoms with Crippen LogP contribution in [0.15, 0.2) is 24.3 Å². The highest BCUT2D eigenvalue weighted by Gasteiger charge is 2.21. The van der Waals surface area contributed by atoms with Gasteiger partial charge >= 0.3 is 5.97 Å².